The van der Waals surface area contributed by atoms with Crippen LogP contribution in [0.15, 0.2) is 48.5 Å². The fourth-order valence-electron chi connectivity index (χ4n) is 2.79. The van der Waals surface area contributed by atoms with Gasteiger partial charge in [-0.05, 0) is 35.6 Å². The maximum atomic E-state index is 13.3. The molecule has 1 aliphatic rings. The van der Waals surface area contributed by atoms with E-state index in [0.717, 1.165) is 17.7 Å². The number of carbonyl (C=O) groups is 1. The molecule has 0 bridgehead atoms. The van der Waals surface area contributed by atoms with Crippen LogP contribution >= 0.6 is 0 Å². The first kappa shape index (κ1) is 15.6. The zero-order chi connectivity index (χ0) is 16.4. The Morgan fingerprint density at radius 1 is 1.17 bits per heavy atom. The lowest BCUT2D eigenvalue weighted by Gasteiger charge is -2.16. The van der Waals surface area contributed by atoms with E-state index >= 15 is 0 Å². The molecule has 23 heavy (non-hydrogen) atoms. The van der Waals surface area contributed by atoms with E-state index < -0.39 is 17.7 Å². The van der Waals surface area contributed by atoms with Crippen LogP contribution in [0.4, 0.5) is 8.78 Å². The summed E-state index contributed by atoms with van der Waals surface area (Å²) in [4.78, 5) is 12.3. The third-order valence-electron chi connectivity index (χ3n) is 4.20. The Labute approximate surface area is 133 Å². The van der Waals surface area contributed by atoms with Crippen molar-refractivity contribution in [2.45, 2.75) is 18.4 Å². The van der Waals surface area contributed by atoms with Crippen molar-refractivity contribution in [2.75, 3.05) is 6.61 Å². The summed E-state index contributed by atoms with van der Waals surface area (Å²) in [6, 6.07) is 12.5. The summed E-state index contributed by atoms with van der Waals surface area (Å²) < 4.78 is 26.2. The van der Waals surface area contributed by atoms with Crippen molar-refractivity contribution >= 4 is 5.91 Å². The largest absolute Gasteiger partial charge is 0.394 e. The summed E-state index contributed by atoms with van der Waals surface area (Å²) in [5.41, 5.74) is 1.46. The molecule has 1 aliphatic carbocycles. The Balaban J connectivity index is 1.64. The van der Waals surface area contributed by atoms with E-state index in [1.54, 1.807) is 0 Å². The van der Waals surface area contributed by atoms with Crippen molar-refractivity contribution in [3.05, 3.63) is 71.3 Å². The zero-order valence-electron chi connectivity index (χ0n) is 12.4. The van der Waals surface area contributed by atoms with Crippen LogP contribution in [-0.2, 0) is 4.79 Å². The molecule has 0 aliphatic heterocycles. The van der Waals surface area contributed by atoms with Gasteiger partial charge in [-0.1, -0.05) is 36.4 Å². The van der Waals surface area contributed by atoms with E-state index in [4.69, 9.17) is 0 Å². The SMILES string of the molecule is O=C(NC(CO)c1ccccc1)C1CC1c1ccc(F)c(F)c1. The van der Waals surface area contributed by atoms with Gasteiger partial charge in [0.2, 0.25) is 5.91 Å². The number of carbonyl (C=O) groups excluding carboxylic acids is 1. The molecule has 0 spiro atoms. The van der Waals surface area contributed by atoms with Gasteiger partial charge in [-0.15, -0.1) is 0 Å². The minimum Gasteiger partial charge on any atom is -0.394 e. The van der Waals surface area contributed by atoms with Gasteiger partial charge in [0.05, 0.1) is 12.6 Å². The van der Waals surface area contributed by atoms with Gasteiger partial charge in [-0.25, -0.2) is 8.78 Å². The predicted octanol–water partition coefficient (Wildman–Crippen LogP) is 2.92. The van der Waals surface area contributed by atoms with Gasteiger partial charge in [0.25, 0.3) is 0 Å². The Kier molecular flexibility index (Phi) is 4.39. The molecular weight excluding hydrogens is 300 g/mol. The second-order valence-corrected chi connectivity index (χ2v) is 5.78. The Morgan fingerprint density at radius 2 is 1.91 bits per heavy atom. The van der Waals surface area contributed by atoms with Crippen LogP contribution < -0.4 is 5.32 Å². The lowest BCUT2D eigenvalue weighted by molar-refractivity contribution is -0.123. The molecule has 3 rings (SSSR count). The van der Waals surface area contributed by atoms with Gasteiger partial charge in [0.1, 0.15) is 0 Å². The molecule has 5 heteroatoms. The number of hydrogen-bond acceptors (Lipinski definition) is 2. The van der Waals surface area contributed by atoms with Crippen molar-refractivity contribution < 1.29 is 18.7 Å². The zero-order valence-corrected chi connectivity index (χ0v) is 12.4. The summed E-state index contributed by atoms with van der Waals surface area (Å²) in [7, 11) is 0. The van der Waals surface area contributed by atoms with Gasteiger partial charge in [0.15, 0.2) is 11.6 Å². The number of aliphatic hydroxyl groups is 1. The number of aliphatic hydroxyl groups excluding tert-OH is 1. The van der Waals surface area contributed by atoms with Crippen LogP contribution in [0.25, 0.3) is 0 Å². The third-order valence-corrected chi connectivity index (χ3v) is 4.20. The molecule has 0 heterocycles. The van der Waals surface area contributed by atoms with Gasteiger partial charge >= 0.3 is 0 Å². The average molecular weight is 317 g/mol. The predicted molar refractivity (Wildman–Crippen MR) is 81.6 cm³/mol. The molecular formula is C18H17F2NO2. The van der Waals surface area contributed by atoms with Crippen molar-refractivity contribution in [3.8, 4) is 0 Å². The number of hydrogen-bond donors (Lipinski definition) is 2. The van der Waals surface area contributed by atoms with Gasteiger partial charge < -0.3 is 10.4 Å². The molecule has 3 atom stereocenters. The lowest BCUT2D eigenvalue weighted by atomic mass is 10.1. The van der Waals surface area contributed by atoms with Crippen LogP contribution in [0.1, 0.15) is 29.5 Å². The van der Waals surface area contributed by atoms with E-state index in [9.17, 15) is 18.7 Å². The smallest absolute Gasteiger partial charge is 0.224 e. The van der Waals surface area contributed by atoms with Crippen LogP contribution in [0, 0.1) is 17.6 Å². The summed E-state index contributed by atoms with van der Waals surface area (Å²) in [5, 5.41) is 12.3. The Bertz CT molecular complexity index is 705. The highest BCUT2D eigenvalue weighted by Crippen LogP contribution is 2.48. The third kappa shape index (κ3) is 3.40. The molecule has 1 amide bonds. The Hall–Kier alpha value is -2.27. The fourth-order valence-corrected chi connectivity index (χ4v) is 2.79. The maximum absolute atomic E-state index is 13.3. The van der Waals surface area contributed by atoms with Crippen LogP contribution in [-0.4, -0.2) is 17.6 Å². The summed E-state index contributed by atoms with van der Waals surface area (Å²) >= 11 is 0. The maximum Gasteiger partial charge on any atom is 0.224 e. The van der Waals surface area contributed by atoms with Crippen molar-refractivity contribution in [1.29, 1.82) is 0 Å². The number of nitrogens with one attached hydrogen (secondary N) is 1. The van der Waals surface area contributed by atoms with Crippen molar-refractivity contribution in [3.63, 3.8) is 0 Å². The summed E-state index contributed by atoms with van der Waals surface area (Å²) in [6.07, 6.45) is 0.601. The molecule has 2 N–H and O–H groups in total. The molecule has 2 aromatic carbocycles. The monoisotopic (exact) mass is 317 g/mol. The highest BCUT2D eigenvalue weighted by Gasteiger charge is 2.44. The molecule has 2 aromatic rings. The average Bonchev–Trinajstić information content (AvgIpc) is 3.36. The number of rotatable bonds is 5. The molecule has 3 nitrogen and oxygen atoms in total. The number of amides is 1. The van der Waals surface area contributed by atoms with Crippen molar-refractivity contribution in [1.82, 2.24) is 5.32 Å². The topological polar surface area (TPSA) is 49.3 Å². The normalized spacial score (nSPS) is 20.8. The van der Waals surface area contributed by atoms with Crippen molar-refractivity contribution in [2.24, 2.45) is 5.92 Å². The van der Waals surface area contributed by atoms with Gasteiger partial charge in [-0.3, -0.25) is 4.79 Å². The molecule has 3 unspecified atom stereocenters. The first-order valence-corrected chi connectivity index (χ1v) is 7.51. The lowest BCUT2D eigenvalue weighted by Crippen LogP contribution is -2.32. The fraction of sp³-hybridized carbons (Fsp3) is 0.278. The quantitative estimate of drug-likeness (QED) is 0.891. The van der Waals surface area contributed by atoms with Crippen LogP contribution in [0.3, 0.4) is 0 Å². The van der Waals surface area contributed by atoms with Crippen LogP contribution in [0.5, 0.6) is 0 Å². The minimum atomic E-state index is -0.897. The molecule has 120 valence electrons. The van der Waals surface area contributed by atoms with Crippen LogP contribution in [0.2, 0.25) is 0 Å². The van der Waals surface area contributed by atoms with E-state index in [0.29, 0.717) is 12.0 Å². The van der Waals surface area contributed by atoms with E-state index in [2.05, 4.69) is 5.32 Å². The summed E-state index contributed by atoms with van der Waals surface area (Å²) in [5.74, 6) is -2.33. The Morgan fingerprint density at radius 3 is 2.57 bits per heavy atom. The van der Waals surface area contributed by atoms with E-state index in [-0.39, 0.29) is 24.3 Å². The first-order chi connectivity index (χ1) is 11.1. The molecule has 0 saturated heterocycles. The minimum absolute atomic E-state index is 0.0970. The highest BCUT2D eigenvalue weighted by molar-refractivity contribution is 5.83. The first-order valence-electron chi connectivity index (χ1n) is 7.51. The molecule has 1 fully saturated rings. The second-order valence-electron chi connectivity index (χ2n) is 5.78. The molecule has 1 saturated carbocycles. The second kappa shape index (κ2) is 6.46. The molecule has 0 radical (unpaired) electrons. The standard InChI is InChI=1S/C18H17F2NO2/c19-15-7-6-12(8-16(15)20)13-9-14(13)18(23)21-17(10-22)11-4-2-1-3-5-11/h1-8,13-14,17,22H,9-10H2,(H,21,23). The van der Waals surface area contributed by atoms with Gasteiger partial charge in [-0.2, -0.15) is 0 Å². The molecule has 0 aromatic heterocycles. The summed E-state index contributed by atoms with van der Waals surface area (Å²) in [6.45, 7) is -0.196. The number of benzene rings is 2. The van der Waals surface area contributed by atoms with E-state index in [1.807, 2.05) is 30.3 Å². The highest BCUT2D eigenvalue weighted by atomic mass is 19.2. The number of halogens is 2. The van der Waals surface area contributed by atoms with E-state index in [1.165, 1.54) is 6.07 Å². The van der Waals surface area contributed by atoms with Gasteiger partial charge in [0, 0.05) is 5.92 Å².